The third-order valence-corrected chi connectivity index (χ3v) is 3.57. The summed E-state index contributed by atoms with van der Waals surface area (Å²) in [6.45, 7) is 6.51. The van der Waals surface area contributed by atoms with Crippen molar-refractivity contribution >= 4 is 34.4 Å². The van der Waals surface area contributed by atoms with E-state index in [1.165, 1.54) is 11.3 Å². The van der Waals surface area contributed by atoms with E-state index in [1.54, 1.807) is 7.11 Å². The van der Waals surface area contributed by atoms with Crippen molar-refractivity contribution in [3.8, 4) is 0 Å². The van der Waals surface area contributed by atoms with E-state index in [-0.39, 0.29) is 5.15 Å². The highest BCUT2D eigenvalue weighted by atomic mass is 35.5. The van der Waals surface area contributed by atoms with Crippen LogP contribution in [0.5, 0.6) is 0 Å². The van der Waals surface area contributed by atoms with Gasteiger partial charge in [0.15, 0.2) is 16.6 Å². The number of aromatic nitrogens is 1. The molecule has 0 spiro atoms. The Morgan fingerprint density at radius 1 is 1.59 bits per heavy atom. The van der Waals surface area contributed by atoms with E-state index in [1.807, 2.05) is 0 Å². The lowest BCUT2D eigenvalue weighted by atomic mass is 10.2. The second-order valence-corrected chi connectivity index (χ2v) is 5.47. The Hall–Kier alpha value is -0.650. The first-order valence-electron chi connectivity index (χ1n) is 5.43. The molecule has 17 heavy (non-hydrogen) atoms. The Morgan fingerprint density at radius 3 is 2.76 bits per heavy atom. The maximum Gasteiger partial charge on any atom is 0.187 e. The Bertz CT molecular complexity index is 368. The van der Waals surface area contributed by atoms with Crippen molar-refractivity contribution in [1.82, 2.24) is 4.98 Å². The van der Waals surface area contributed by atoms with Gasteiger partial charge in [0.1, 0.15) is 4.88 Å². The molecule has 1 aromatic heterocycles. The van der Waals surface area contributed by atoms with Crippen LogP contribution in [-0.4, -0.2) is 38.1 Å². The molecular weight excluding hydrogens is 260 g/mol. The minimum atomic E-state index is 0.283. The van der Waals surface area contributed by atoms with Crippen LogP contribution >= 0.6 is 22.9 Å². The first-order chi connectivity index (χ1) is 8.08. The number of halogens is 1. The summed E-state index contributed by atoms with van der Waals surface area (Å²) in [7, 11) is 1.67. The Labute approximate surface area is 111 Å². The fourth-order valence-electron chi connectivity index (χ4n) is 1.42. The van der Waals surface area contributed by atoms with Gasteiger partial charge in [-0.15, -0.1) is 0 Å². The quantitative estimate of drug-likeness (QED) is 0.718. The third kappa shape index (κ3) is 4.26. The number of methoxy groups -OCH3 is 1. The third-order valence-electron chi connectivity index (χ3n) is 2.13. The number of nitrogens with zero attached hydrogens (tertiary/aromatic N) is 2. The molecule has 0 aliphatic rings. The maximum absolute atomic E-state index is 10.7. The number of rotatable bonds is 7. The molecule has 0 N–H and O–H groups in total. The van der Waals surface area contributed by atoms with Crippen LogP contribution in [0, 0.1) is 5.92 Å². The number of carbonyl (C=O) groups excluding carboxylic acids is 1. The zero-order valence-corrected chi connectivity index (χ0v) is 11.8. The van der Waals surface area contributed by atoms with Gasteiger partial charge in [-0.2, -0.15) is 0 Å². The Balaban J connectivity index is 2.82. The van der Waals surface area contributed by atoms with Crippen LogP contribution in [0.2, 0.25) is 5.15 Å². The number of aldehydes is 1. The van der Waals surface area contributed by atoms with Crippen molar-refractivity contribution in [2.75, 3.05) is 31.7 Å². The monoisotopic (exact) mass is 276 g/mol. The van der Waals surface area contributed by atoms with Crippen molar-refractivity contribution < 1.29 is 9.53 Å². The van der Waals surface area contributed by atoms with Crippen molar-refractivity contribution in [2.45, 2.75) is 13.8 Å². The fourth-order valence-corrected chi connectivity index (χ4v) is 2.51. The van der Waals surface area contributed by atoms with E-state index in [2.05, 4.69) is 23.7 Å². The normalized spacial score (nSPS) is 10.9. The van der Waals surface area contributed by atoms with Gasteiger partial charge in [0.05, 0.1) is 6.61 Å². The molecule has 6 heteroatoms. The minimum absolute atomic E-state index is 0.283. The molecular formula is C11H17ClN2O2S. The molecule has 0 radical (unpaired) electrons. The molecule has 1 aromatic rings. The molecule has 0 amide bonds. The molecule has 0 saturated carbocycles. The van der Waals surface area contributed by atoms with E-state index >= 15 is 0 Å². The smallest absolute Gasteiger partial charge is 0.187 e. The standard InChI is InChI=1S/C11H17ClN2O2S/c1-8(2)6-14(4-5-16-3)11-13-10(12)9(7-15)17-11/h7-8H,4-6H2,1-3H3. The largest absolute Gasteiger partial charge is 0.383 e. The summed E-state index contributed by atoms with van der Waals surface area (Å²) in [4.78, 5) is 17.5. The van der Waals surface area contributed by atoms with Crippen LogP contribution in [0.3, 0.4) is 0 Å². The van der Waals surface area contributed by atoms with Crippen LogP contribution in [0.4, 0.5) is 5.13 Å². The van der Waals surface area contributed by atoms with E-state index in [0.717, 1.165) is 24.5 Å². The van der Waals surface area contributed by atoms with Crippen LogP contribution in [0.1, 0.15) is 23.5 Å². The van der Waals surface area contributed by atoms with Gasteiger partial charge in [-0.05, 0) is 5.92 Å². The molecule has 0 saturated heterocycles. The molecule has 0 aromatic carbocycles. The van der Waals surface area contributed by atoms with Gasteiger partial charge in [-0.25, -0.2) is 4.98 Å². The van der Waals surface area contributed by atoms with Gasteiger partial charge in [0, 0.05) is 20.2 Å². The number of carbonyl (C=O) groups is 1. The summed E-state index contributed by atoms with van der Waals surface area (Å²) in [6, 6.07) is 0. The summed E-state index contributed by atoms with van der Waals surface area (Å²) in [5.74, 6) is 0.509. The highest BCUT2D eigenvalue weighted by Crippen LogP contribution is 2.28. The first kappa shape index (κ1) is 14.4. The second kappa shape index (κ2) is 6.93. The lowest BCUT2D eigenvalue weighted by Gasteiger charge is -2.23. The van der Waals surface area contributed by atoms with Crippen LogP contribution in [0.25, 0.3) is 0 Å². The molecule has 0 aliphatic carbocycles. The van der Waals surface area contributed by atoms with Crippen molar-refractivity contribution in [1.29, 1.82) is 0 Å². The molecule has 0 atom stereocenters. The highest BCUT2D eigenvalue weighted by molar-refractivity contribution is 7.17. The average Bonchev–Trinajstić information content (AvgIpc) is 2.65. The summed E-state index contributed by atoms with van der Waals surface area (Å²) >= 11 is 7.19. The number of hydrogen-bond donors (Lipinski definition) is 0. The first-order valence-corrected chi connectivity index (χ1v) is 6.63. The van der Waals surface area contributed by atoms with Crippen LogP contribution in [-0.2, 0) is 4.74 Å². The molecule has 1 rings (SSSR count). The van der Waals surface area contributed by atoms with Crippen LogP contribution < -0.4 is 4.90 Å². The SMILES string of the molecule is COCCN(CC(C)C)c1nc(Cl)c(C=O)s1. The van der Waals surface area contributed by atoms with Gasteiger partial charge >= 0.3 is 0 Å². The Kier molecular flexibility index (Phi) is 5.88. The van der Waals surface area contributed by atoms with Gasteiger partial charge in [0.25, 0.3) is 0 Å². The number of hydrogen-bond acceptors (Lipinski definition) is 5. The van der Waals surface area contributed by atoms with Gasteiger partial charge in [-0.3, -0.25) is 4.79 Å². The molecule has 0 unspecified atom stereocenters. The lowest BCUT2D eigenvalue weighted by molar-refractivity contribution is 0.112. The molecule has 0 aliphatic heterocycles. The number of thiazole rings is 1. The van der Waals surface area contributed by atoms with Crippen LogP contribution in [0.15, 0.2) is 0 Å². The zero-order chi connectivity index (χ0) is 12.8. The van der Waals surface area contributed by atoms with Gasteiger partial charge in [0.2, 0.25) is 0 Å². The highest BCUT2D eigenvalue weighted by Gasteiger charge is 2.15. The average molecular weight is 277 g/mol. The predicted molar refractivity (Wildman–Crippen MR) is 71.4 cm³/mol. The van der Waals surface area contributed by atoms with E-state index < -0.39 is 0 Å². The van der Waals surface area contributed by atoms with E-state index in [0.29, 0.717) is 17.4 Å². The molecule has 0 bridgehead atoms. The van der Waals surface area contributed by atoms with Crippen molar-refractivity contribution in [3.63, 3.8) is 0 Å². The summed E-state index contributed by atoms with van der Waals surface area (Å²) < 4.78 is 5.07. The zero-order valence-electron chi connectivity index (χ0n) is 10.3. The van der Waals surface area contributed by atoms with E-state index in [4.69, 9.17) is 16.3 Å². The Morgan fingerprint density at radius 2 is 2.29 bits per heavy atom. The minimum Gasteiger partial charge on any atom is -0.383 e. The van der Waals surface area contributed by atoms with Gasteiger partial charge in [-0.1, -0.05) is 36.8 Å². The van der Waals surface area contributed by atoms with E-state index in [9.17, 15) is 4.79 Å². The maximum atomic E-state index is 10.7. The molecule has 4 nitrogen and oxygen atoms in total. The molecule has 1 heterocycles. The molecule has 0 fully saturated rings. The lowest BCUT2D eigenvalue weighted by Crippen LogP contribution is -2.30. The predicted octanol–water partition coefficient (Wildman–Crippen LogP) is 2.72. The fraction of sp³-hybridized carbons (Fsp3) is 0.636. The van der Waals surface area contributed by atoms with Crippen molar-refractivity contribution in [3.05, 3.63) is 10.0 Å². The summed E-state index contributed by atoms with van der Waals surface area (Å²) in [6.07, 6.45) is 0.743. The van der Waals surface area contributed by atoms with Gasteiger partial charge < -0.3 is 9.64 Å². The molecule has 96 valence electrons. The summed E-state index contributed by atoms with van der Waals surface area (Å²) in [5.41, 5.74) is 0. The topological polar surface area (TPSA) is 42.4 Å². The number of ether oxygens (including phenoxy) is 1. The summed E-state index contributed by atoms with van der Waals surface area (Å²) in [5, 5.41) is 1.06. The van der Waals surface area contributed by atoms with Crippen molar-refractivity contribution in [2.24, 2.45) is 5.92 Å². The second-order valence-electron chi connectivity index (χ2n) is 4.10. The number of anilines is 1.